The maximum atomic E-state index is 12.2. The van der Waals surface area contributed by atoms with E-state index < -0.39 is 0 Å². The number of nitrogens with zero attached hydrogens (tertiary/aromatic N) is 2. The van der Waals surface area contributed by atoms with E-state index in [0.29, 0.717) is 37.7 Å². The van der Waals surface area contributed by atoms with Crippen LogP contribution in [0.25, 0.3) is 0 Å². The van der Waals surface area contributed by atoms with Crippen molar-refractivity contribution in [1.82, 2.24) is 9.88 Å². The van der Waals surface area contributed by atoms with Crippen LogP contribution in [-0.4, -0.2) is 56.3 Å². The Morgan fingerprint density at radius 2 is 1.85 bits per heavy atom. The molecular weight excluding hydrogens is 282 g/mol. The average Bonchev–Trinajstić information content (AvgIpc) is 2.41. The van der Waals surface area contributed by atoms with Gasteiger partial charge in [0, 0.05) is 33.0 Å². The smallest absolute Gasteiger partial charge is 0.228 e. The summed E-state index contributed by atoms with van der Waals surface area (Å²) in [4.78, 5) is 18.0. The lowest BCUT2D eigenvalue weighted by atomic mass is 10.2. The summed E-state index contributed by atoms with van der Waals surface area (Å²) in [5, 5.41) is 0. The van der Waals surface area contributed by atoms with E-state index in [2.05, 4.69) is 4.98 Å². The van der Waals surface area contributed by atoms with Crippen LogP contribution in [0.1, 0.15) is 5.69 Å². The third kappa shape index (κ3) is 6.70. The summed E-state index contributed by atoms with van der Waals surface area (Å²) in [6.45, 7) is 2.11. The summed E-state index contributed by atoms with van der Waals surface area (Å²) in [5.74, 6) is 0.00590. The molecule has 0 fully saturated rings. The van der Waals surface area contributed by atoms with Crippen molar-refractivity contribution in [2.24, 2.45) is 0 Å². The van der Waals surface area contributed by atoms with E-state index >= 15 is 0 Å². The number of nitrogen functional groups attached to an aromatic ring is 1. The van der Waals surface area contributed by atoms with E-state index in [1.165, 1.54) is 0 Å². The van der Waals surface area contributed by atoms with Gasteiger partial charge in [-0.2, -0.15) is 0 Å². The van der Waals surface area contributed by atoms with E-state index in [4.69, 9.17) is 15.2 Å². The Hall–Kier alpha value is -1.37. The Morgan fingerprint density at radius 3 is 2.30 bits per heavy atom. The minimum atomic E-state index is 0. The number of nitrogens with two attached hydrogens (primary N) is 1. The summed E-state index contributed by atoms with van der Waals surface area (Å²) >= 11 is 0. The Bertz CT molecular complexity index is 379. The highest BCUT2D eigenvalue weighted by atomic mass is 35.5. The number of methoxy groups -OCH3 is 2. The Morgan fingerprint density at radius 1 is 1.25 bits per heavy atom. The minimum Gasteiger partial charge on any atom is -0.397 e. The van der Waals surface area contributed by atoms with Crippen LogP contribution in [0.4, 0.5) is 5.69 Å². The highest BCUT2D eigenvalue weighted by Crippen LogP contribution is 2.04. The number of pyridine rings is 1. The maximum Gasteiger partial charge on any atom is 0.228 e. The molecule has 0 spiro atoms. The number of carbonyl (C=O) groups excluding carboxylic acids is 1. The molecule has 1 rings (SSSR count). The highest BCUT2D eigenvalue weighted by Gasteiger charge is 2.14. The van der Waals surface area contributed by atoms with E-state index in [0.717, 1.165) is 0 Å². The van der Waals surface area contributed by atoms with Crippen molar-refractivity contribution in [3.63, 3.8) is 0 Å². The molecule has 0 saturated heterocycles. The predicted octanol–water partition coefficient (Wildman–Crippen LogP) is 0.750. The third-order valence-corrected chi connectivity index (χ3v) is 2.66. The Balaban J connectivity index is 0.00000361. The SMILES string of the molecule is COCCN(CCOC)C(=O)Cc1ccc(N)cn1.Cl. The van der Waals surface area contributed by atoms with Crippen LogP contribution in [0.5, 0.6) is 0 Å². The fourth-order valence-corrected chi connectivity index (χ4v) is 1.57. The van der Waals surface area contributed by atoms with Crippen LogP contribution in [0.3, 0.4) is 0 Å². The zero-order chi connectivity index (χ0) is 14.1. The van der Waals surface area contributed by atoms with Gasteiger partial charge in [-0.3, -0.25) is 9.78 Å². The summed E-state index contributed by atoms with van der Waals surface area (Å²) in [7, 11) is 3.22. The lowest BCUT2D eigenvalue weighted by Crippen LogP contribution is -2.37. The number of halogens is 1. The molecule has 0 atom stereocenters. The van der Waals surface area contributed by atoms with Crippen molar-refractivity contribution < 1.29 is 14.3 Å². The topological polar surface area (TPSA) is 77.7 Å². The van der Waals surface area contributed by atoms with Crippen LogP contribution >= 0.6 is 12.4 Å². The zero-order valence-corrected chi connectivity index (χ0v) is 12.7. The number of hydrogen-bond acceptors (Lipinski definition) is 5. The van der Waals surface area contributed by atoms with E-state index in [9.17, 15) is 4.79 Å². The first-order valence-electron chi connectivity index (χ1n) is 6.13. The maximum absolute atomic E-state index is 12.2. The first-order chi connectivity index (χ1) is 9.17. The standard InChI is InChI=1S/C13H21N3O3.ClH/c1-18-7-5-16(6-8-19-2)13(17)9-12-4-3-11(14)10-15-12;/h3-4,10H,5-9,14H2,1-2H3;1H. The number of carbonyl (C=O) groups is 1. The van der Waals surface area contributed by atoms with Gasteiger partial charge in [0.1, 0.15) is 0 Å². The molecule has 0 aliphatic rings. The van der Waals surface area contributed by atoms with Gasteiger partial charge in [-0.1, -0.05) is 0 Å². The van der Waals surface area contributed by atoms with E-state index in [1.54, 1.807) is 37.4 Å². The molecule has 0 saturated carbocycles. The van der Waals surface area contributed by atoms with Crippen molar-refractivity contribution in [3.05, 3.63) is 24.0 Å². The quantitative estimate of drug-likeness (QED) is 0.767. The normalized spacial score (nSPS) is 9.90. The van der Waals surface area contributed by atoms with Gasteiger partial charge in [-0.05, 0) is 12.1 Å². The molecule has 0 radical (unpaired) electrons. The molecule has 0 aliphatic heterocycles. The number of ether oxygens (including phenoxy) is 2. The molecule has 1 aromatic rings. The molecule has 1 amide bonds. The van der Waals surface area contributed by atoms with Crippen LogP contribution < -0.4 is 5.73 Å². The molecule has 1 heterocycles. The third-order valence-electron chi connectivity index (χ3n) is 2.66. The number of hydrogen-bond donors (Lipinski definition) is 1. The lowest BCUT2D eigenvalue weighted by molar-refractivity contribution is -0.131. The highest BCUT2D eigenvalue weighted by molar-refractivity contribution is 5.85. The molecule has 0 unspecified atom stereocenters. The Kier molecular flexibility index (Phi) is 9.71. The van der Waals surface area contributed by atoms with Crippen molar-refractivity contribution >= 4 is 24.0 Å². The van der Waals surface area contributed by atoms with E-state index in [1.807, 2.05) is 0 Å². The molecule has 0 aromatic carbocycles. The Labute approximate surface area is 125 Å². The monoisotopic (exact) mass is 303 g/mol. The fraction of sp³-hybridized carbons (Fsp3) is 0.538. The van der Waals surface area contributed by atoms with Gasteiger partial charge < -0.3 is 20.1 Å². The zero-order valence-electron chi connectivity index (χ0n) is 11.9. The van der Waals surface area contributed by atoms with Crippen LogP contribution in [-0.2, 0) is 20.7 Å². The van der Waals surface area contributed by atoms with Crippen molar-refractivity contribution in [1.29, 1.82) is 0 Å². The number of anilines is 1. The fourth-order valence-electron chi connectivity index (χ4n) is 1.57. The average molecular weight is 304 g/mol. The van der Waals surface area contributed by atoms with Gasteiger partial charge in [0.25, 0.3) is 0 Å². The summed E-state index contributed by atoms with van der Waals surface area (Å²) in [6.07, 6.45) is 1.81. The van der Waals surface area contributed by atoms with Gasteiger partial charge in [0.15, 0.2) is 0 Å². The van der Waals surface area contributed by atoms with Crippen molar-refractivity contribution in [3.8, 4) is 0 Å². The molecule has 114 valence electrons. The second kappa shape index (κ2) is 10.4. The molecule has 20 heavy (non-hydrogen) atoms. The second-order valence-corrected chi connectivity index (χ2v) is 4.13. The van der Waals surface area contributed by atoms with Crippen LogP contribution in [0, 0.1) is 0 Å². The lowest BCUT2D eigenvalue weighted by Gasteiger charge is -2.21. The number of amides is 1. The second-order valence-electron chi connectivity index (χ2n) is 4.13. The van der Waals surface area contributed by atoms with Gasteiger partial charge in [-0.25, -0.2) is 0 Å². The molecule has 2 N–H and O–H groups in total. The molecule has 6 nitrogen and oxygen atoms in total. The first kappa shape index (κ1) is 18.6. The van der Waals surface area contributed by atoms with Gasteiger partial charge in [0.05, 0.1) is 31.5 Å². The van der Waals surface area contributed by atoms with Gasteiger partial charge >= 0.3 is 0 Å². The summed E-state index contributed by atoms with van der Waals surface area (Å²) in [5.41, 5.74) is 6.85. The molecule has 0 bridgehead atoms. The van der Waals surface area contributed by atoms with Gasteiger partial charge in [-0.15, -0.1) is 12.4 Å². The van der Waals surface area contributed by atoms with Crippen molar-refractivity contribution in [2.75, 3.05) is 46.3 Å². The number of rotatable bonds is 8. The number of aromatic nitrogens is 1. The molecule has 7 heteroatoms. The van der Waals surface area contributed by atoms with Crippen molar-refractivity contribution in [2.45, 2.75) is 6.42 Å². The molecule has 1 aromatic heterocycles. The summed E-state index contributed by atoms with van der Waals surface area (Å²) in [6, 6.07) is 3.50. The molecular formula is C13H22ClN3O3. The van der Waals surface area contributed by atoms with Crippen LogP contribution in [0.2, 0.25) is 0 Å². The minimum absolute atomic E-state index is 0. The van der Waals surface area contributed by atoms with Gasteiger partial charge in [0.2, 0.25) is 5.91 Å². The summed E-state index contributed by atoms with van der Waals surface area (Å²) < 4.78 is 10.0. The van der Waals surface area contributed by atoms with Crippen LogP contribution in [0.15, 0.2) is 18.3 Å². The largest absolute Gasteiger partial charge is 0.397 e. The van der Waals surface area contributed by atoms with E-state index in [-0.39, 0.29) is 24.7 Å². The first-order valence-corrected chi connectivity index (χ1v) is 6.13. The predicted molar refractivity (Wildman–Crippen MR) is 79.9 cm³/mol. The molecule has 0 aliphatic carbocycles.